The molecular weight excluding hydrogens is 262 g/mol. The molecule has 2 aromatic rings. The third-order valence-electron chi connectivity index (χ3n) is 3.95. The number of nitrogens with one attached hydrogen (secondary N) is 2. The van der Waals surface area contributed by atoms with Crippen molar-refractivity contribution in [2.24, 2.45) is 0 Å². The molecule has 1 aromatic carbocycles. The number of hydrogen-bond donors (Lipinski definition) is 2. The summed E-state index contributed by atoms with van der Waals surface area (Å²) in [6.45, 7) is 3.50. The van der Waals surface area contributed by atoms with Crippen LogP contribution in [0.5, 0.6) is 0 Å². The number of amides is 1. The predicted molar refractivity (Wildman–Crippen MR) is 81.7 cm³/mol. The van der Waals surface area contributed by atoms with Crippen molar-refractivity contribution in [3.63, 3.8) is 0 Å². The first-order valence-corrected chi connectivity index (χ1v) is 7.24. The molecule has 0 saturated carbocycles. The summed E-state index contributed by atoms with van der Waals surface area (Å²) in [5, 5.41) is 6.40. The standard InChI is InChI=1S/C17H19N3O/c1-12(13-6-4-8-18-9-13)20-17(21)16-11-19-10-14-5-2-3-7-15(14)16/h2-9,12,16,19H,10-11H2,1H3,(H,20,21)/t12-,16?/m0/s1. The molecule has 2 N–H and O–H groups in total. The predicted octanol–water partition coefficient (Wildman–Crippen LogP) is 2.15. The highest BCUT2D eigenvalue weighted by atomic mass is 16.2. The maximum absolute atomic E-state index is 12.6. The summed E-state index contributed by atoms with van der Waals surface area (Å²) in [5.74, 6) is -0.0694. The first kappa shape index (κ1) is 13.8. The number of benzene rings is 1. The second-order valence-electron chi connectivity index (χ2n) is 5.40. The van der Waals surface area contributed by atoms with Crippen molar-refractivity contribution in [2.45, 2.75) is 25.4 Å². The van der Waals surface area contributed by atoms with Crippen LogP contribution < -0.4 is 10.6 Å². The maximum Gasteiger partial charge on any atom is 0.229 e. The molecule has 2 atom stereocenters. The van der Waals surface area contributed by atoms with Gasteiger partial charge in [0.15, 0.2) is 0 Å². The molecule has 2 heterocycles. The van der Waals surface area contributed by atoms with Gasteiger partial charge in [-0.1, -0.05) is 30.3 Å². The van der Waals surface area contributed by atoms with Gasteiger partial charge in [-0.2, -0.15) is 0 Å². The summed E-state index contributed by atoms with van der Waals surface area (Å²) in [5.41, 5.74) is 3.35. The number of carbonyl (C=O) groups excluding carboxylic acids is 1. The van der Waals surface area contributed by atoms with Crippen LogP contribution in [-0.4, -0.2) is 17.4 Å². The molecule has 4 nitrogen and oxygen atoms in total. The normalized spacial score (nSPS) is 18.6. The minimum Gasteiger partial charge on any atom is -0.349 e. The molecule has 0 bridgehead atoms. The van der Waals surface area contributed by atoms with Crippen LogP contribution in [0.4, 0.5) is 0 Å². The Labute approximate surface area is 124 Å². The lowest BCUT2D eigenvalue weighted by molar-refractivity contribution is -0.123. The molecule has 3 rings (SSSR count). The lowest BCUT2D eigenvalue weighted by Crippen LogP contribution is -2.39. The molecule has 1 aromatic heterocycles. The summed E-state index contributed by atoms with van der Waals surface area (Å²) in [7, 11) is 0. The Kier molecular flexibility index (Phi) is 3.97. The second kappa shape index (κ2) is 6.06. The van der Waals surface area contributed by atoms with Crippen LogP contribution >= 0.6 is 0 Å². The second-order valence-corrected chi connectivity index (χ2v) is 5.40. The third kappa shape index (κ3) is 2.95. The Morgan fingerprint density at radius 3 is 3.00 bits per heavy atom. The van der Waals surface area contributed by atoms with Crippen molar-refractivity contribution >= 4 is 5.91 Å². The summed E-state index contributed by atoms with van der Waals surface area (Å²) < 4.78 is 0. The number of rotatable bonds is 3. The number of nitrogens with zero attached hydrogens (tertiary/aromatic N) is 1. The number of hydrogen-bond acceptors (Lipinski definition) is 3. The van der Waals surface area contributed by atoms with Gasteiger partial charge in [-0.3, -0.25) is 9.78 Å². The SMILES string of the molecule is C[C@H](NC(=O)C1CNCc2ccccc21)c1cccnc1. The molecule has 21 heavy (non-hydrogen) atoms. The number of fused-ring (bicyclic) bond motifs is 1. The first-order chi connectivity index (χ1) is 10.3. The van der Waals surface area contributed by atoms with Gasteiger partial charge in [0, 0.05) is 25.5 Å². The van der Waals surface area contributed by atoms with Crippen molar-refractivity contribution in [3.05, 3.63) is 65.5 Å². The lowest BCUT2D eigenvalue weighted by Gasteiger charge is -2.27. The zero-order valence-electron chi connectivity index (χ0n) is 12.0. The van der Waals surface area contributed by atoms with E-state index in [1.165, 1.54) is 5.56 Å². The topological polar surface area (TPSA) is 54.0 Å². The van der Waals surface area contributed by atoms with Crippen LogP contribution in [-0.2, 0) is 11.3 Å². The summed E-state index contributed by atoms with van der Waals surface area (Å²) in [6, 6.07) is 12.0. The van der Waals surface area contributed by atoms with Gasteiger partial charge in [0.25, 0.3) is 0 Å². The van der Waals surface area contributed by atoms with E-state index in [9.17, 15) is 4.79 Å². The van der Waals surface area contributed by atoms with E-state index in [2.05, 4.69) is 27.8 Å². The summed E-state index contributed by atoms with van der Waals surface area (Å²) in [6.07, 6.45) is 3.53. The number of aromatic nitrogens is 1. The van der Waals surface area contributed by atoms with Gasteiger partial charge >= 0.3 is 0 Å². The number of carbonyl (C=O) groups is 1. The van der Waals surface area contributed by atoms with Gasteiger partial charge in [-0.05, 0) is 29.7 Å². The third-order valence-corrected chi connectivity index (χ3v) is 3.95. The van der Waals surface area contributed by atoms with Gasteiger partial charge in [0.1, 0.15) is 0 Å². The molecule has 0 spiro atoms. The van der Waals surface area contributed by atoms with Crippen molar-refractivity contribution in [1.82, 2.24) is 15.6 Å². The molecule has 108 valence electrons. The van der Waals surface area contributed by atoms with E-state index >= 15 is 0 Å². The molecule has 0 saturated heterocycles. The van der Waals surface area contributed by atoms with E-state index in [1.54, 1.807) is 12.4 Å². The quantitative estimate of drug-likeness (QED) is 0.906. The van der Waals surface area contributed by atoms with Crippen LogP contribution in [0.2, 0.25) is 0 Å². The Bertz CT molecular complexity index is 627. The zero-order chi connectivity index (χ0) is 14.7. The lowest BCUT2D eigenvalue weighted by atomic mass is 9.90. The highest BCUT2D eigenvalue weighted by Crippen LogP contribution is 2.24. The van der Waals surface area contributed by atoms with E-state index in [0.717, 1.165) is 17.7 Å². The van der Waals surface area contributed by atoms with Crippen LogP contribution in [0.25, 0.3) is 0 Å². The van der Waals surface area contributed by atoms with Crippen LogP contribution in [0.3, 0.4) is 0 Å². The summed E-state index contributed by atoms with van der Waals surface area (Å²) in [4.78, 5) is 16.7. The minimum atomic E-state index is -0.130. The average Bonchev–Trinajstić information content (AvgIpc) is 2.55. The van der Waals surface area contributed by atoms with Crippen molar-refractivity contribution in [2.75, 3.05) is 6.54 Å². The van der Waals surface area contributed by atoms with E-state index in [1.807, 2.05) is 31.2 Å². The Morgan fingerprint density at radius 2 is 2.19 bits per heavy atom. The van der Waals surface area contributed by atoms with E-state index in [0.29, 0.717) is 6.54 Å². The van der Waals surface area contributed by atoms with Crippen molar-refractivity contribution in [3.8, 4) is 0 Å². The fraction of sp³-hybridized carbons (Fsp3) is 0.294. The Morgan fingerprint density at radius 1 is 1.33 bits per heavy atom. The van der Waals surface area contributed by atoms with E-state index in [4.69, 9.17) is 0 Å². The van der Waals surface area contributed by atoms with Crippen molar-refractivity contribution < 1.29 is 4.79 Å². The average molecular weight is 281 g/mol. The zero-order valence-corrected chi connectivity index (χ0v) is 12.0. The van der Waals surface area contributed by atoms with E-state index < -0.39 is 0 Å². The molecule has 0 aliphatic carbocycles. The summed E-state index contributed by atoms with van der Waals surface area (Å²) >= 11 is 0. The highest BCUT2D eigenvalue weighted by Gasteiger charge is 2.26. The monoisotopic (exact) mass is 281 g/mol. The van der Waals surface area contributed by atoms with Gasteiger partial charge in [0.05, 0.1) is 12.0 Å². The molecule has 1 amide bonds. The van der Waals surface area contributed by atoms with Crippen LogP contribution in [0.15, 0.2) is 48.8 Å². The molecule has 0 fully saturated rings. The van der Waals surface area contributed by atoms with Gasteiger partial charge < -0.3 is 10.6 Å². The molecule has 4 heteroatoms. The van der Waals surface area contributed by atoms with Gasteiger partial charge in [-0.25, -0.2) is 0 Å². The van der Waals surface area contributed by atoms with Gasteiger partial charge in [0.2, 0.25) is 5.91 Å². The fourth-order valence-electron chi connectivity index (χ4n) is 2.76. The van der Waals surface area contributed by atoms with E-state index in [-0.39, 0.29) is 17.9 Å². The highest BCUT2D eigenvalue weighted by molar-refractivity contribution is 5.85. The number of pyridine rings is 1. The molecule has 0 radical (unpaired) electrons. The largest absolute Gasteiger partial charge is 0.349 e. The molecule has 1 unspecified atom stereocenters. The van der Waals surface area contributed by atoms with Crippen LogP contribution in [0.1, 0.15) is 35.6 Å². The Hall–Kier alpha value is -2.20. The molecule has 1 aliphatic heterocycles. The molecule has 1 aliphatic rings. The maximum atomic E-state index is 12.6. The molecular formula is C17H19N3O. The Balaban J connectivity index is 1.75. The van der Waals surface area contributed by atoms with Crippen LogP contribution in [0, 0.1) is 0 Å². The minimum absolute atomic E-state index is 0.0414. The smallest absolute Gasteiger partial charge is 0.229 e. The van der Waals surface area contributed by atoms with Crippen molar-refractivity contribution in [1.29, 1.82) is 0 Å². The fourth-order valence-corrected chi connectivity index (χ4v) is 2.76. The van der Waals surface area contributed by atoms with Gasteiger partial charge in [-0.15, -0.1) is 0 Å². The first-order valence-electron chi connectivity index (χ1n) is 7.24.